The summed E-state index contributed by atoms with van der Waals surface area (Å²) in [6, 6.07) is 28.3. The lowest BCUT2D eigenvalue weighted by Crippen LogP contribution is -2.18. The molecular weight excluding hydrogens is 420 g/mol. The summed E-state index contributed by atoms with van der Waals surface area (Å²) < 4.78 is 0. The second kappa shape index (κ2) is 9.94. The molecule has 0 aliphatic carbocycles. The molecule has 1 amide bonds. The third-order valence-corrected chi connectivity index (χ3v) is 6.97. The number of hydrogen-bond donors (Lipinski definition) is 1. The van der Waals surface area contributed by atoms with Crippen LogP contribution in [0.2, 0.25) is 0 Å². The van der Waals surface area contributed by atoms with Gasteiger partial charge in [-0.3, -0.25) is 4.79 Å². The van der Waals surface area contributed by atoms with E-state index in [2.05, 4.69) is 48.4 Å². The molecule has 31 heavy (non-hydrogen) atoms. The van der Waals surface area contributed by atoms with Crippen molar-refractivity contribution in [3.05, 3.63) is 101 Å². The van der Waals surface area contributed by atoms with Crippen LogP contribution >= 0.6 is 23.1 Å². The molecule has 1 atom stereocenters. The minimum absolute atomic E-state index is 0.0730. The van der Waals surface area contributed by atoms with Crippen molar-refractivity contribution in [2.24, 2.45) is 0 Å². The second-order valence-electron chi connectivity index (χ2n) is 7.53. The third-order valence-electron chi connectivity index (χ3n) is 4.95. The molecule has 5 heteroatoms. The highest BCUT2D eigenvalue weighted by atomic mass is 32.2. The molecule has 0 aliphatic heterocycles. The zero-order chi connectivity index (χ0) is 21.6. The highest BCUT2D eigenvalue weighted by Gasteiger charge is 2.23. The molecule has 0 bridgehead atoms. The van der Waals surface area contributed by atoms with Gasteiger partial charge in [0, 0.05) is 15.8 Å². The molecule has 1 heterocycles. The van der Waals surface area contributed by atoms with Crippen LogP contribution in [0.4, 0.5) is 5.13 Å². The van der Waals surface area contributed by atoms with Gasteiger partial charge in [-0.2, -0.15) is 0 Å². The molecule has 1 aromatic heterocycles. The van der Waals surface area contributed by atoms with Gasteiger partial charge in [0.05, 0.1) is 5.69 Å². The number of aromatic nitrogens is 1. The van der Waals surface area contributed by atoms with Gasteiger partial charge in [-0.1, -0.05) is 86.6 Å². The van der Waals surface area contributed by atoms with Crippen molar-refractivity contribution in [3.63, 3.8) is 0 Å². The fraction of sp³-hybridized carbons (Fsp3) is 0.154. The molecule has 0 radical (unpaired) electrons. The molecule has 3 aromatic carbocycles. The van der Waals surface area contributed by atoms with E-state index in [1.54, 1.807) is 11.8 Å². The first-order valence-corrected chi connectivity index (χ1v) is 12.0. The summed E-state index contributed by atoms with van der Waals surface area (Å²) >= 11 is 2.99. The van der Waals surface area contributed by atoms with Gasteiger partial charge in [-0.05, 0) is 29.2 Å². The Morgan fingerprint density at radius 2 is 1.52 bits per heavy atom. The molecule has 0 saturated carbocycles. The quantitative estimate of drug-likeness (QED) is 0.302. The maximum atomic E-state index is 13.2. The van der Waals surface area contributed by atoms with Crippen LogP contribution in [-0.2, 0) is 4.79 Å². The van der Waals surface area contributed by atoms with Crippen molar-refractivity contribution in [1.82, 2.24) is 4.98 Å². The highest BCUT2D eigenvalue weighted by Crippen LogP contribution is 2.36. The van der Waals surface area contributed by atoms with Crippen molar-refractivity contribution in [1.29, 1.82) is 0 Å². The summed E-state index contributed by atoms with van der Waals surface area (Å²) in [5.41, 5.74) is 4.20. The van der Waals surface area contributed by atoms with E-state index in [1.807, 2.05) is 66.0 Å². The van der Waals surface area contributed by atoms with Crippen molar-refractivity contribution >= 4 is 34.1 Å². The van der Waals surface area contributed by atoms with E-state index in [-0.39, 0.29) is 11.2 Å². The number of thioether (sulfide) groups is 1. The van der Waals surface area contributed by atoms with Crippen molar-refractivity contribution in [2.75, 3.05) is 5.32 Å². The number of benzene rings is 3. The van der Waals surface area contributed by atoms with Gasteiger partial charge in [0.15, 0.2) is 5.13 Å². The molecule has 1 unspecified atom stereocenters. The largest absolute Gasteiger partial charge is 0.301 e. The van der Waals surface area contributed by atoms with Gasteiger partial charge in [0.25, 0.3) is 0 Å². The number of nitrogens with zero attached hydrogens (tertiary/aromatic N) is 1. The molecule has 0 aliphatic rings. The fourth-order valence-electron chi connectivity index (χ4n) is 3.21. The van der Waals surface area contributed by atoms with E-state index in [4.69, 9.17) is 0 Å². The number of rotatable bonds is 7. The lowest BCUT2D eigenvalue weighted by Gasteiger charge is -2.16. The number of thiazole rings is 1. The van der Waals surface area contributed by atoms with Crippen LogP contribution in [0.25, 0.3) is 11.3 Å². The monoisotopic (exact) mass is 444 g/mol. The van der Waals surface area contributed by atoms with Gasteiger partial charge in [-0.25, -0.2) is 4.98 Å². The maximum Gasteiger partial charge on any atom is 0.244 e. The zero-order valence-corrected chi connectivity index (χ0v) is 19.1. The lowest BCUT2D eigenvalue weighted by molar-refractivity contribution is -0.115. The van der Waals surface area contributed by atoms with Gasteiger partial charge in [-0.15, -0.1) is 23.1 Å². The lowest BCUT2D eigenvalue weighted by atomic mass is 10.0. The molecule has 4 aromatic rings. The number of hydrogen-bond acceptors (Lipinski definition) is 4. The molecule has 0 spiro atoms. The summed E-state index contributed by atoms with van der Waals surface area (Å²) in [5, 5.41) is 5.27. The van der Waals surface area contributed by atoms with Gasteiger partial charge < -0.3 is 5.32 Å². The van der Waals surface area contributed by atoms with Gasteiger partial charge >= 0.3 is 0 Å². The van der Waals surface area contributed by atoms with Crippen LogP contribution in [0.1, 0.15) is 36.1 Å². The minimum atomic E-state index is -0.360. The second-order valence-corrected chi connectivity index (χ2v) is 9.56. The molecule has 1 N–H and O–H groups in total. The van der Waals surface area contributed by atoms with E-state index in [0.717, 1.165) is 21.7 Å². The summed E-state index contributed by atoms with van der Waals surface area (Å²) in [6.07, 6.45) is 0. The smallest absolute Gasteiger partial charge is 0.244 e. The van der Waals surface area contributed by atoms with Crippen LogP contribution in [0.3, 0.4) is 0 Å². The summed E-state index contributed by atoms with van der Waals surface area (Å²) in [7, 11) is 0. The number of anilines is 1. The van der Waals surface area contributed by atoms with Gasteiger partial charge in [0.2, 0.25) is 5.91 Å². The normalized spacial score (nSPS) is 12.0. The predicted molar refractivity (Wildman–Crippen MR) is 132 cm³/mol. The first-order valence-electron chi connectivity index (χ1n) is 10.2. The third kappa shape index (κ3) is 5.43. The van der Waals surface area contributed by atoms with E-state index in [0.29, 0.717) is 11.0 Å². The average Bonchev–Trinajstić information content (AvgIpc) is 3.27. The molecule has 0 saturated heterocycles. The fourth-order valence-corrected chi connectivity index (χ4v) is 4.98. The van der Waals surface area contributed by atoms with E-state index < -0.39 is 0 Å². The van der Waals surface area contributed by atoms with Crippen molar-refractivity contribution in [2.45, 2.75) is 29.9 Å². The molecule has 4 rings (SSSR count). The Bertz CT molecular complexity index is 1120. The zero-order valence-electron chi connectivity index (χ0n) is 17.5. The van der Waals surface area contributed by atoms with Crippen LogP contribution in [0.15, 0.2) is 95.2 Å². The highest BCUT2D eigenvalue weighted by molar-refractivity contribution is 8.00. The van der Waals surface area contributed by atoms with Crippen molar-refractivity contribution < 1.29 is 4.79 Å². The Hall–Kier alpha value is -2.89. The first-order chi connectivity index (χ1) is 15.1. The van der Waals surface area contributed by atoms with E-state index in [1.165, 1.54) is 16.9 Å². The average molecular weight is 445 g/mol. The number of carbonyl (C=O) groups excluding carboxylic acids is 1. The van der Waals surface area contributed by atoms with Crippen molar-refractivity contribution in [3.8, 4) is 11.3 Å². The topological polar surface area (TPSA) is 42.0 Å². The van der Waals surface area contributed by atoms with Crippen LogP contribution in [0, 0.1) is 0 Å². The van der Waals surface area contributed by atoms with Crippen LogP contribution < -0.4 is 5.32 Å². The number of nitrogens with one attached hydrogen (secondary N) is 1. The van der Waals surface area contributed by atoms with Crippen LogP contribution in [0.5, 0.6) is 0 Å². The molecule has 0 fully saturated rings. The molecule has 3 nitrogen and oxygen atoms in total. The van der Waals surface area contributed by atoms with Gasteiger partial charge in [0.1, 0.15) is 5.25 Å². The molecular formula is C26H24N2OS2. The Kier molecular flexibility index (Phi) is 6.85. The number of amides is 1. The Labute approximate surface area is 191 Å². The summed E-state index contributed by atoms with van der Waals surface area (Å²) in [6.45, 7) is 4.37. The molecule has 156 valence electrons. The minimum Gasteiger partial charge on any atom is -0.301 e. The first kappa shape index (κ1) is 21.3. The predicted octanol–water partition coefficient (Wildman–Crippen LogP) is 7.41. The summed E-state index contributed by atoms with van der Waals surface area (Å²) in [5.74, 6) is 0.424. The maximum absolute atomic E-state index is 13.2. The Morgan fingerprint density at radius 3 is 2.16 bits per heavy atom. The Morgan fingerprint density at radius 1 is 0.871 bits per heavy atom. The summed E-state index contributed by atoms with van der Waals surface area (Å²) in [4.78, 5) is 18.9. The van der Waals surface area contributed by atoms with Crippen LogP contribution in [-0.4, -0.2) is 10.9 Å². The van der Waals surface area contributed by atoms with E-state index in [9.17, 15) is 4.79 Å². The standard InChI is InChI=1S/C26H24N2OS2/c1-18(2)19-13-15-20(16-14-19)23-17-30-26(27-23)28-25(29)24(21-9-5-3-6-10-21)31-22-11-7-4-8-12-22/h3-18,24H,1-2H3,(H,27,28,29). The SMILES string of the molecule is CC(C)c1ccc(-c2csc(NC(=O)C(Sc3ccccc3)c3ccccc3)n2)cc1. The Balaban J connectivity index is 1.52. The number of carbonyl (C=O) groups is 1. The van der Waals surface area contributed by atoms with E-state index >= 15 is 0 Å².